The third-order valence-electron chi connectivity index (χ3n) is 8.02. The van der Waals surface area contributed by atoms with Crippen LogP contribution in [0.25, 0.3) is 16.7 Å². The minimum atomic E-state index is -0.873. The van der Waals surface area contributed by atoms with Crippen LogP contribution in [-0.2, 0) is 20.7 Å². The second-order valence-electron chi connectivity index (χ2n) is 10.8. The third-order valence-corrected chi connectivity index (χ3v) is 8.02. The number of rotatable bonds is 10. The molecular weight excluding hydrogens is 516 g/mol. The summed E-state index contributed by atoms with van der Waals surface area (Å²) >= 11 is 0. The molecule has 1 aliphatic carbocycles. The number of amides is 2. The van der Waals surface area contributed by atoms with E-state index in [2.05, 4.69) is 36.2 Å². The summed E-state index contributed by atoms with van der Waals surface area (Å²) in [5.41, 5.74) is 6.96. The molecule has 1 aliphatic heterocycles. The average molecular weight is 553 g/mol. The monoisotopic (exact) mass is 552 g/mol. The number of carbonyl (C=O) groups is 3. The summed E-state index contributed by atoms with van der Waals surface area (Å²) in [4.78, 5) is 39.6. The van der Waals surface area contributed by atoms with Crippen molar-refractivity contribution in [2.75, 3.05) is 19.7 Å². The molecular formula is C34H36N2O5. The van der Waals surface area contributed by atoms with Gasteiger partial charge in [-0.05, 0) is 64.6 Å². The molecule has 1 atom stereocenters. The number of hydrogen-bond acceptors (Lipinski definition) is 4. The molecule has 0 saturated carbocycles. The highest BCUT2D eigenvalue weighted by Crippen LogP contribution is 2.44. The lowest BCUT2D eigenvalue weighted by Crippen LogP contribution is -2.51. The van der Waals surface area contributed by atoms with Crippen molar-refractivity contribution >= 4 is 23.5 Å². The number of piperidine rings is 1. The molecule has 212 valence electrons. The van der Waals surface area contributed by atoms with Crippen LogP contribution in [0, 0.1) is 0 Å². The minimum Gasteiger partial charge on any atom is -0.481 e. The van der Waals surface area contributed by atoms with Gasteiger partial charge in [-0.15, -0.1) is 0 Å². The standard InChI is InChI=1S/C34H36N2O5/c1-23(16-17-32(37)38)25-11-9-10-24(20-25)21-31(33(39)36-18-7-2-8-19-36)35-34(40)41-22-30-28-14-5-3-12-26(28)27-13-4-6-15-29(27)30/h3-6,9-15,20,30-31H,1-2,7-8,16-19,21-22H2,(H,35,40)(H,37,38). The lowest BCUT2D eigenvalue weighted by molar-refractivity contribution is -0.137. The Bertz CT molecular complexity index is 1400. The number of carboxylic acids is 1. The molecule has 1 heterocycles. The zero-order chi connectivity index (χ0) is 28.8. The Morgan fingerprint density at radius 2 is 1.56 bits per heavy atom. The van der Waals surface area contributed by atoms with E-state index in [4.69, 9.17) is 9.84 Å². The zero-order valence-corrected chi connectivity index (χ0v) is 23.2. The number of carboxylic acid groups (broad SMARTS) is 1. The summed E-state index contributed by atoms with van der Waals surface area (Å²) in [7, 11) is 0. The molecule has 0 radical (unpaired) electrons. The van der Waals surface area contributed by atoms with E-state index in [1.54, 1.807) is 0 Å². The van der Waals surface area contributed by atoms with Gasteiger partial charge in [0.25, 0.3) is 0 Å². The molecule has 1 fully saturated rings. The van der Waals surface area contributed by atoms with Gasteiger partial charge < -0.3 is 20.1 Å². The van der Waals surface area contributed by atoms with Crippen LogP contribution >= 0.6 is 0 Å². The van der Waals surface area contributed by atoms with Crippen molar-refractivity contribution in [3.8, 4) is 11.1 Å². The molecule has 2 aliphatic rings. The van der Waals surface area contributed by atoms with Gasteiger partial charge in [-0.25, -0.2) is 4.79 Å². The van der Waals surface area contributed by atoms with Crippen molar-refractivity contribution < 1.29 is 24.2 Å². The number of fused-ring (bicyclic) bond motifs is 3. The molecule has 0 aromatic heterocycles. The predicted octanol–water partition coefficient (Wildman–Crippen LogP) is 6.03. The first kappa shape index (κ1) is 28.1. The predicted molar refractivity (Wildman–Crippen MR) is 158 cm³/mol. The van der Waals surface area contributed by atoms with Gasteiger partial charge in [-0.2, -0.15) is 0 Å². The van der Waals surface area contributed by atoms with Gasteiger partial charge in [-0.1, -0.05) is 79.4 Å². The maximum atomic E-state index is 13.6. The Hall–Kier alpha value is -4.39. The van der Waals surface area contributed by atoms with Crippen LogP contribution in [0.15, 0.2) is 79.4 Å². The Labute approximate surface area is 240 Å². The van der Waals surface area contributed by atoms with E-state index >= 15 is 0 Å². The number of hydrogen-bond donors (Lipinski definition) is 2. The smallest absolute Gasteiger partial charge is 0.407 e. The van der Waals surface area contributed by atoms with Crippen molar-refractivity contribution in [2.24, 2.45) is 0 Å². The molecule has 0 bridgehead atoms. The summed E-state index contributed by atoms with van der Waals surface area (Å²) in [6.07, 6.45) is 3.00. The van der Waals surface area contributed by atoms with E-state index in [1.807, 2.05) is 53.4 Å². The first-order chi connectivity index (χ1) is 19.9. The number of benzene rings is 3. The van der Waals surface area contributed by atoms with Crippen molar-refractivity contribution in [1.82, 2.24) is 10.2 Å². The van der Waals surface area contributed by atoms with E-state index in [0.29, 0.717) is 25.9 Å². The van der Waals surface area contributed by atoms with Crippen LogP contribution in [0.2, 0.25) is 0 Å². The first-order valence-electron chi connectivity index (χ1n) is 14.3. The van der Waals surface area contributed by atoms with Crippen molar-refractivity contribution in [2.45, 2.75) is 50.5 Å². The molecule has 3 aromatic carbocycles. The zero-order valence-electron chi connectivity index (χ0n) is 23.2. The largest absolute Gasteiger partial charge is 0.481 e. The number of ether oxygens (including phenoxy) is 1. The van der Waals surface area contributed by atoms with Crippen LogP contribution in [-0.4, -0.2) is 53.7 Å². The molecule has 3 aromatic rings. The van der Waals surface area contributed by atoms with E-state index in [-0.39, 0.29) is 24.9 Å². The number of carbonyl (C=O) groups excluding carboxylic acids is 2. The lowest BCUT2D eigenvalue weighted by atomic mass is 9.97. The van der Waals surface area contributed by atoms with Gasteiger partial charge >= 0.3 is 12.1 Å². The van der Waals surface area contributed by atoms with Gasteiger partial charge in [0.1, 0.15) is 12.6 Å². The molecule has 2 N–H and O–H groups in total. The molecule has 41 heavy (non-hydrogen) atoms. The number of likely N-dealkylation sites (tertiary alicyclic amines) is 1. The van der Waals surface area contributed by atoms with E-state index in [0.717, 1.165) is 58.2 Å². The SMILES string of the molecule is C=C(CCC(=O)O)c1cccc(CC(NC(=O)OCC2c3ccccc3-c3ccccc32)C(=O)N2CCCCC2)c1. The number of allylic oxidation sites excluding steroid dienone is 1. The van der Waals surface area contributed by atoms with Gasteiger partial charge in [0.05, 0.1) is 0 Å². The van der Waals surface area contributed by atoms with Gasteiger partial charge in [0.15, 0.2) is 0 Å². The highest BCUT2D eigenvalue weighted by Gasteiger charge is 2.31. The summed E-state index contributed by atoms with van der Waals surface area (Å²) in [5, 5.41) is 11.9. The van der Waals surface area contributed by atoms with Crippen LogP contribution in [0.5, 0.6) is 0 Å². The molecule has 5 rings (SSSR count). The number of aliphatic carboxylic acids is 1. The molecule has 7 nitrogen and oxygen atoms in total. The summed E-state index contributed by atoms with van der Waals surface area (Å²) in [5.74, 6) is -1.06. The van der Waals surface area contributed by atoms with Crippen molar-refractivity contribution in [3.63, 3.8) is 0 Å². The van der Waals surface area contributed by atoms with Gasteiger partial charge in [-0.3, -0.25) is 9.59 Å². The first-order valence-corrected chi connectivity index (χ1v) is 14.3. The molecule has 0 spiro atoms. The molecule has 1 unspecified atom stereocenters. The lowest BCUT2D eigenvalue weighted by Gasteiger charge is -2.31. The Kier molecular flexibility index (Phi) is 8.82. The summed E-state index contributed by atoms with van der Waals surface area (Å²) in [6.45, 7) is 5.56. The molecule has 2 amide bonds. The van der Waals surface area contributed by atoms with Gasteiger partial charge in [0.2, 0.25) is 5.91 Å². The van der Waals surface area contributed by atoms with E-state index in [9.17, 15) is 14.4 Å². The Morgan fingerprint density at radius 3 is 2.22 bits per heavy atom. The number of alkyl carbamates (subject to hydrolysis) is 1. The molecule has 7 heteroatoms. The van der Waals surface area contributed by atoms with Crippen LogP contribution in [0.1, 0.15) is 60.3 Å². The van der Waals surface area contributed by atoms with Crippen LogP contribution < -0.4 is 5.32 Å². The minimum absolute atomic E-state index is 0.00245. The third kappa shape index (κ3) is 6.68. The highest BCUT2D eigenvalue weighted by molar-refractivity contribution is 5.86. The van der Waals surface area contributed by atoms with Gasteiger partial charge in [0, 0.05) is 31.8 Å². The number of nitrogens with one attached hydrogen (secondary N) is 1. The van der Waals surface area contributed by atoms with Crippen molar-refractivity contribution in [1.29, 1.82) is 0 Å². The maximum absolute atomic E-state index is 13.6. The Morgan fingerprint density at radius 1 is 0.902 bits per heavy atom. The van der Waals surface area contributed by atoms with Crippen molar-refractivity contribution in [3.05, 3.63) is 102 Å². The van der Waals surface area contributed by atoms with E-state index < -0.39 is 18.1 Å². The second kappa shape index (κ2) is 12.9. The van der Waals surface area contributed by atoms with E-state index in [1.165, 1.54) is 0 Å². The van der Waals surface area contributed by atoms with Crippen LogP contribution in [0.3, 0.4) is 0 Å². The topological polar surface area (TPSA) is 95.9 Å². The average Bonchev–Trinajstić information content (AvgIpc) is 3.32. The summed E-state index contributed by atoms with van der Waals surface area (Å²) in [6, 6.07) is 23.1. The quantitative estimate of drug-likeness (QED) is 0.320. The fourth-order valence-electron chi connectivity index (χ4n) is 5.87. The normalized spacial score (nSPS) is 15.0. The fourth-order valence-corrected chi connectivity index (χ4v) is 5.87. The highest BCUT2D eigenvalue weighted by atomic mass is 16.5. The maximum Gasteiger partial charge on any atom is 0.407 e. The second-order valence-corrected chi connectivity index (χ2v) is 10.8. The fraction of sp³-hybridized carbons (Fsp3) is 0.324. The number of nitrogens with zero attached hydrogens (tertiary/aromatic N) is 1. The Balaban J connectivity index is 1.29. The molecule has 1 saturated heterocycles. The van der Waals surface area contributed by atoms with Crippen LogP contribution in [0.4, 0.5) is 4.79 Å². The summed E-state index contributed by atoms with van der Waals surface area (Å²) < 4.78 is 5.77.